The van der Waals surface area contributed by atoms with Crippen LogP contribution in [-0.4, -0.2) is 11.6 Å². The first-order chi connectivity index (χ1) is 6.25. The van der Waals surface area contributed by atoms with Gasteiger partial charge in [0, 0.05) is 11.1 Å². The third kappa shape index (κ3) is 1.02. The molecule has 66 valence electrons. The number of Topliss-reactive ketones (excluding diaryl/α,β-unsaturated/α-hetero) is 2. The average Bonchev–Trinajstić information content (AvgIpc) is 2.41. The lowest BCUT2D eigenvalue weighted by Crippen LogP contribution is -2.13. The first kappa shape index (κ1) is 8.17. The zero-order valence-electron chi connectivity index (χ0n) is 7.41. The number of carbonyl (C=O) groups excluding carboxylic acids is 2. The minimum Gasteiger partial charge on any atom is -0.293 e. The molecule has 0 saturated carbocycles. The topological polar surface area (TPSA) is 34.1 Å². The van der Waals surface area contributed by atoms with Crippen molar-refractivity contribution in [2.75, 3.05) is 0 Å². The SMILES string of the molecule is CCC1C(=O)c2ccccc2C1=O. The molecule has 2 heteroatoms. The predicted octanol–water partition coefficient (Wildman–Crippen LogP) is 2.09. The molecule has 0 atom stereocenters. The Morgan fingerprint density at radius 3 is 1.92 bits per heavy atom. The minimum atomic E-state index is -0.419. The van der Waals surface area contributed by atoms with Crippen molar-refractivity contribution in [3.05, 3.63) is 35.4 Å². The fraction of sp³-hybridized carbons (Fsp3) is 0.273. The number of fused-ring (bicyclic) bond motifs is 1. The van der Waals surface area contributed by atoms with Crippen molar-refractivity contribution >= 4 is 11.6 Å². The van der Waals surface area contributed by atoms with E-state index in [1.165, 1.54) is 0 Å². The molecule has 1 aliphatic carbocycles. The maximum Gasteiger partial charge on any atom is 0.174 e. The number of hydrogen-bond donors (Lipinski definition) is 0. The summed E-state index contributed by atoms with van der Waals surface area (Å²) < 4.78 is 0. The van der Waals surface area contributed by atoms with Crippen LogP contribution in [0.2, 0.25) is 0 Å². The molecule has 0 bridgehead atoms. The summed E-state index contributed by atoms with van der Waals surface area (Å²) >= 11 is 0. The van der Waals surface area contributed by atoms with E-state index < -0.39 is 5.92 Å². The highest BCUT2D eigenvalue weighted by Gasteiger charge is 2.36. The summed E-state index contributed by atoms with van der Waals surface area (Å²) in [7, 11) is 0. The summed E-state index contributed by atoms with van der Waals surface area (Å²) in [5, 5.41) is 0. The molecule has 13 heavy (non-hydrogen) atoms. The number of rotatable bonds is 1. The minimum absolute atomic E-state index is 0.0110. The normalized spacial score (nSPS) is 16.4. The molecule has 0 radical (unpaired) electrons. The highest BCUT2D eigenvalue weighted by Crippen LogP contribution is 2.28. The van der Waals surface area contributed by atoms with Gasteiger partial charge < -0.3 is 0 Å². The standard InChI is InChI=1S/C11H10O2/c1-2-7-10(12)8-5-3-4-6-9(8)11(7)13/h3-7H,2H2,1H3. The van der Waals surface area contributed by atoms with E-state index >= 15 is 0 Å². The van der Waals surface area contributed by atoms with Gasteiger partial charge in [-0.25, -0.2) is 0 Å². The van der Waals surface area contributed by atoms with Gasteiger partial charge in [-0.3, -0.25) is 9.59 Å². The van der Waals surface area contributed by atoms with E-state index in [0.717, 1.165) is 0 Å². The Labute approximate surface area is 76.6 Å². The van der Waals surface area contributed by atoms with Crippen molar-refractivity contribution in [2.45, 2.75) is 13.3 Å². The molecule has 0 spiro atoms. The predicted molar refractivity (Wildman–Crippen MR) is 48.9 cm³/mol. The van der Waals surface area contributed by atoms with E-state index in [1.54, 1.807) is 24.3 Å². The second-order valence-electron chi connectivity index (χ2n) is 3.23. The first-order valence-corrected chi connectivity index (χ1v) is 4.43. The Morgan fingerprint density at radius 1 is 1.08 bits per heavy atom. The van der Waals surface area contributed by atoms with Crippen molar-refractivity contribution in [3.63, 3.8) is 0 Å². The van der Waals surface area contributed by atoms with Gasteiger partial charge in [0.1, 0.15) is 0 Å². The summed E-state index contributed by atoms with van der Waals surface area (Å²) in [6.45, 7) is 1.87. The number of hydrogen-bond acceptors (Lipinski definition) is 2. The Balaban J connectivity index is 2.57. The highest BCUT2D eigenvalue weighted by molar-refractivity contribution is 6.26. The maximum atomic E-state index is 11.6. The van der Waals surface area contributed by atoms with Gasteiger partial charge in [-0.2, -0.15) is 0 Å². The van der Waals surface area contributed by atoms with Gasteiger partial charge in [-0.15, -0.1) is 0 Å². The third-order valence-corrected chi connectivity index (χ3v) is 2.50. The smallest absolute Gasteiger partial charge is 0.174 e. The molecule has 0 aromatic heterocycles. The van der Waals surface area contributed by atoms with Crippen LogP contribution in [-0.2, 0) is 0 Å². The molecule has 0 amide bonds. The van der Waals surface area contributed by atoms with E-state index in [2.05, 4.69) is 0 Å². The lowest BCUT2D eigenvalue weighted by Gasteiger charge is -1.99. The number of ketones is 2. The zero-order valence-corrected chi connectivity index (χ0v) is 7.41. The van der Waals surface area contributed by atoms with E-state index in [-0.39, 0.29) is 11.6 Å². The van der Waals surface area contributed by atoms with Crippen molar-refractivity contribution in [1.82, 2.24) is 0 Å². The van der Waals surface area contributed by atoms with Crippen molar-refractivity contribution in [1.29, 1.82) is 0 Å². The van der Waals surface area contributed by atoms with Gasteiger partial charge in [0.25, 0.3) is 0 Å². The molecular weight excluding hydrogens is 164 g/mol. The molecule has 1 aromatic carbocycles. The van der Waals surface area contributed by atoms with Crippen molar-refractivity contribution in [3.8, 4) is 0 Å². The summed E-state index contributed by atoms with van der Waals surface area (Å²) in [5.41, 5.74) is 1.19. The van der Waals surface area contributed by atoms with Crippen LogP contribution in [0.15, 0.2) is 24.3 Å². The number of benzene rings is 1. The zero-order chi connectivity index (χ0) is 9.42. The summed E-state index contributed by atoms with van der Waals surface area (Å²) in [6.07, 6.45) is 0.604. The lowest BCUT2D eigenvalue weighted by atomic mass is 10.0. The fourth-order valence-electron chi connectivity index (χ4n) is 1.78. The van der Waals surface area contributed by atoms with Crippen LogP contribution < -0.4 is 0 Å². The van der Waals surface area contributed by atoms with Gasteiger partial charge in [0.15, 0.2) is 11.6 Å². The van der Waals surface area contributed by atoms with Crippen molar-refractivity contribution in [2.24, 2.45) is 5.92 Å². The first-order valence-electron chi connectivity index (χ1n) is 4.43. The molecule has 0 unspecified atom stereocenters. The van der Waals surface area contributed by atoms with Crippen LogP contribution >= 0.6 is 0 Å². The van der Waals surface area contributed by atoms with Gasteiger partial charge in [0.2, 0.25) is 0 Å². The molecule has 0 N–H and O–H groups in total. The Hall–Kier alpha value is -1.44. The summed E-state index contributed by atoms with van der Waals surface area (Å²) in [5.74, 6) is -0.441. The molecule has 2 rings (SSSR count). The Bertz CT molecular complexity index is 344. The van der Waals surface area contributed by atoms with Crippen LogP contribution in [0.4, 0.5) is 0 Å². The van der Waals surface area contributed by atoms with Crippen LogP contribution in [0, 0.1) is 5.92 Å². The van der Waals surface area contributed by atoms with Gasteiger partial charge in [-0.1, -0.05) is 31.2 Å². The molecule has 1 aliphatic rings. The molecule has 0 saturated heterocycles. The molecule has 1 aromatic rings. The summed E-state index contributed by atoms with van der Waals surface area (Å²) in [4.78, 5) is 23.2. The highest BCUT2D eigenvalue weighted by atomic mass is 16.2. The summed E-state index contributed by atoms with van der Waals surface area (Å²) in [6, 6.07) is 7.04. The van der Waals surface area contributed by atoms with Gasteiger partial charge in [0.05, 0.1) is 5.92 Å². The second-order valence-corrected chi connectivity index (χ2v) is 3.23. The maximum absolute atomic E-state index is 11.6. The molecular formula is C11H10O2. The molecule has 0 aliphatic heterocycles. The quantitative estimate of drug-likeness (QED) is 0.611. The monoisotopic (exact) mass is 174 g/mol. The van der Waals surface area contributed by atoms with Crippen molar-refractivity contribution < 1.29 is 9.59 Å². The average molecular weight is 174 g/mol. The molecule has 0 heterocycles. The van der Waals surface area contributed by atoms with Crippen LogP contribution in [0.25, 0.3) is 0 Å². The van der Waals surface area contributed by atoms with E-state index in [4.69, 9.17) is 0 Å². The Morgan fingerprint density at radius 2 is 1.54 bits per heavy atom. The van der Waals surface area contributed by atoms with E-state index in [0.29, 0.717) is 17.5 Å². The largest absolute Gasteiger partial charge is 0.293 e. The van der Waals surface area contributed by atoms with E-state index in [1.807, 2.05) is 6.92 Å². The Kier molecular flexibility index (Phi) is 1.76. The van der Waals surface area contributed by atoms with Crippen LogP contribution in [0.5, 0.6) is 0 Å². The molecule has 0 fully saturated rings. The van der Waals surface area contributed by atoms with Crippen LogP contribution in [0.3, 0.4) is 0 Å². The van der Waals surface area contributed by atoms with E-state index in [9.17, 15) is 9.59 Å². The lowest BCUT2D eigenvalue weighted by molar-refractivity contribution is 0.0835. The fourth-order valence-corrected chi connectivity index (χ4v) is 1.78. The van der Waals surface area contributed by atoms with Gasteiger partial charge >= 0.3 is 0 Å². The third-order valence-electron chi connectivity index (χ3n) is 2.50. The molecule has 2 nitrogen and oxygen atoms in total. The number of carbonyl (C=O) groups is 2. The van der Waals surface area contributed by atoms with Crippen LogP contribution in [0.1, 0.15) is 34.1 Å². The van der Waals surface area contributed by atoms with Gasteiger partial charge in [-0.05, 0) is 6.42 Å². The second kappa shape index (κ2) is 2.80.